The number of carbonyl (C=O) groups is 1. The predicted octanol–water partition coefficient (Wildman–Crippen LogP) is 4.15. The summed E-state index contributed by atoms with van der Waals surface area (Å²) in [5, 5.41) is 0. The Labute approximate surface area is 192 Å². The maximum absolute atomic E-state index is 14.3. The number of nitrogens with zero attached hydrogens (tertiary/aromatic N) is 1. The molecule has 2 N–H and O–H groups in total. The highest BCUT2D eigenvalue weighted by molar-refractivity contribution is 6.01. The summed E-state index contributed by atoms with van der Waals surface area (Å²) in [5.74, 6) is 0.976. The maximum atomic E-state index is 14.3. The second kappa shape index (κ2) is 8.84. The van der Waals surface area contributed by atoms with Gasteiger partial charge in [0.1, 0.15) is 23.4 Å². The number of ether oxygens (including phenoxy) is 2. The summed E-state index contributed by atoms with van der Waals surface area (Å²) in [6.07, 6.45) is 0. The van der Waals surface area contributed by atoms with Crippen LogP contribution in [0.4, 0.5) is 10.1 Å². The first-order valence-corrected chi connectivity index (χ1v) is 11.1. The van der Waals surface area contributed by atoms with Crippen LogP contribution in [0.3, 0.4) is 0 Å². The average molecular weight is 448 g/mol. The Morgan fingerprint density at radius 2 is 1.61 bits per heavy atom. The smallest absolute Gasteiger partial charge is 0.246 e. The summed E-state index contributed by atoms with van der Waals surface area (Å²) in [6.45, 7) is 2.49. The van der Waals surface area contributed by atoms with Gasteiger partial charge in [-0.05, 0) is 66.6 Å². The van der Waals surface area contributed by atoms with Gasteiger partial charge in [0.25, 0.3) is 0 Å². The van der Waals surface area contributed by atoms with Gasteiger partial charge < -0.3 is 14.4 Å². The average Bonchev–Trinajstić information content (AvgIpc) is 3.39. The van der Waals surface area contributed by atoms with Crippen molar-refractivity contribution in [2.75, 3.05) is 18.6 Å². The molecule has 5 rings (SSSR count). The summed E-state index contributed by atoms with van der Waals surface area (Å²) in [6, 6.07) is 20.8. The van der Waals surface area contributed by atoms with Gasteiger partial charge in [0, 0.05) is 11.6 Å². The van der Waals surface area contributed by atoms with Crippen molar-refractivity contribution in [1.82, 2.24) is 10.9 Å². The molecule has 3 aromatic rings. The van der Waals surface area contributed by atoms with Gasteiger partial charge in [0.05, 0.1) is 25.8 Å². The number of rotatable bonds is 6. The van der Waals surface area contributed by atoms with Crippen LogP contribution in [-0.4, -0.2) is 25.7 Å². The van der Waals surface area contributed by atoms with Crippen molar-refractivity contribution in [1.29, 1.82) is 0 Å². The highest BCUT2D eigenvalue weighted by Gasteiger charge is 2.56. The fraction of sp³-hybridized carbons (Fsp3) is 0.269. The zero-order valence-corrected chi connectivity index (χ0v) is 18.5. The van der Waals surface area contributed by atoms with E-state index < -0.39 is 6.04 Å². The highest BCUT2D eigenvalue weighted by atomic mass is 19.1. The van der Waals surface area contributed by atoms with Crippen LogP contribution in [0.25, 0.3) is 0 Å². The Balaban J connectivity index is 1.57. The normalized spacial score (nSPS) is 24.1. The fourth-order valence-corrected chi connectivity index (χ4v) is 4.95. The zero-order valence-electron chi connectivity index (χ0n) is 18.5. The van der Waals surface area contributed by atoms with Crippen molar-refractivity contribution in [3.05, 3.63) is 89.7 Å². The minimum absolute atomic E-state index is 0.0538. The van der Waals surface area contributed by atoms with Gasteiger partial charge in [0.2, 0.25) is 5.91 Å². The molecule has 4 atom stereocenters. The van der Waals surface area contributed by atoms with Crippen LogP contribution < -0.4 is 25.2 Å². The molecule has 6 nitrogen and oxygen atoms in total. The third kappa shape index (κ3) is 3.83. The lowest BCUT2D eigenvalue weighted by atomic mass is 9.83. The van der Waals surface area contributed by atoms with Crippen LogP contribution in [0, 0.1) is 11.7 Å². The molecule has 0 aliphatic carbocycles. The SMILES string of the molecule is CCOc1ccc(N2C(=O)C3NNC(c4ccc(OC)cc4)C3C2c2cccc(F)c2)cc1. The van der Waals surface area contributed by atoms with E-state index in [-0.39, 0.29) is 29.7 Å². The van der Waals surface area contributed by atoms with Gasteiger partial charge in [-0.25, -0.2) is 15.2 Å². The standard InChI is InChI=1S/C26H26FN3O3/c1-3-33-21-13-9-19(10-14-21)30-25(17-5-4-6-18(27)15-17)22-23(28-29-24(22)26(30)31)16-7-11-20(32-2)12-8-16/h4-15,22-25,28-29H,3H2,1-2H3. The number of hydrogen-bond donors (Lipinski definition) is 2. The van der Waals surface area contributed by atoms with E-state index >= 15 is 0 Å². The topological polar surface area (TPSA) is 62.8 Å². The Kier molecular flexibility index (Phi) is 5.74. The first-order valence-electron chi connectivity index (χ1n) is 11.1. The van der Waals surface area contributed by atoms with Crippen LogP contribution in [0.1, 0.15) is 30.1 Å². The Morgan fingerprint density at radius 1 is 0.909 bits per heavy atom. The molecule has 4 unspecified atom stereocenters. The molecule has 170 valence electrons. The minimum atomic E-state index is -0.447. The molecule has 0 spiro atoms. The van der Waals surface area contributed by atoms with Crippen LogP contribution >= 0.6 is 0 Å². The molecule has 2 fully saturated rings. The van der Waals surface area contributed by atoms with Crippen LogP contribution in [0.5, 0.6) is 11.5 Å². The lowest BCUT2D eigenvalue weighted by Gasteiger charge is -2.31. The number of anilines is 1. The molecular formula is C26H26FN3O3. The number of hydrogen-bond acceptors (Lipinski definition) is 5. The predicted molar refractivity (Wildman–Crippen MR) is 124 cm³/mol. The van der Waals surface area contributed by atoms with E-state index in [0.29, 0.717) is 6.61 Å². The van der Waals surface area contributed by atoms with E-state index in [0.717, 1.165) is 28.3 Å². The Hall–Kier alpha value is -3.42. The molecule has 7 heteroatoms. The molecule has 2 saturated heterocycles. The quantitative estimate of drug-likeness (QED) is 0.594. The number of methoxy groups -OCH3 is 1. The van der Waals surface area contributed by atoms with Crippen LogP contribution in [0.2, 0.25) is 0 Å². The second-order valence-corrected chi connectivity index (χ2v) is 8.23. The Morgan fingerprint density at radius 3 is 2.27 bits per heavy atom. The number of benzene rings is 3. The van der Waals surface area contributed by atoms with E-state index in [4.69, 9.17) is 9.47 Å². The van der Waals surface area contributed by atoms with Gasteiger partial charge in [0.15, 0.2) is 0 Å². The van der Waals surface area contributed by atoms with E-state index in [2.05, 4.69) is 10.9 Å². The van der Waals surface area contributed by atoms with Crippen molar-refractivity contribution < 1.29 is 18.7 Å². The van der Waals surface area contributed by atoms with Gasteiger partial charge in [-0.3, -0.25) is 4.79 Å². The van der Waals surface area contributed by atoms with Crippen molar-refractivity contribution in [3.8, 4) is 11.5 Å². The van der Waals surface area contributed by atoms with Crippen LogP contribution in [-0.2, 0) is 4.79 Å². The molecule has 0 saturated carbocycles. The largest absolute Gasteiger partial charge is 0.497 e. The minimum Gasteiger partial charge on any atom is -0.497 e. The molecule has 2 heterocycles. The number of hydrazine groups is 1. The first kappa shape index (κ1) is 21.4. The molecule has 1 amide bonds. The third-order valence-corrected chi connectivity index (χ3v) is 6.40. The Bertz CT molecular complexity index is 1140. The first-order chi connectivity index (χ1) is 16.1. The number of fused-ring (bicyclic) bond motifs is 1. The van der Waals surface area contributed by atoms with E-state index in [1.165, 1.54) is 12.1 Å². The summed E-state index contributed by atoms with van der Waals surface area (Å²) in [5.41, 5.74) is 9.04. The second-order valence-electron chi connectivity index (χ2n) is 8.23. The lowest BCUT2D eigenvalue weighted by molar-refractivity contribution is -0.119. The number of nitrogens with one attached hydrogen (secondary N) is 2. The molecule has 0 radical (unpaired) electrons. The molecular weight excluding hydrogens is 421 g/mol. The third-order valence-electron chi connectivity index (χ3n) is 6.40. The monoisotopic (exact) mass is 447 g/mol. The number of carbonyl (C=O) groups excluding carboxylic acids is 1. The zero-order chi connectivity index (χ0) is 22.9. The van der Waals surface area contributed by atoms with Crippen molar-refractivity contribution >= 4 is 11.6 Å². The van der Waals surface area contributed by atoms with Gasteiger partial charge in [-0.1, -0.05) is 24.3 Å². The molecule has 33 heavy (non-hydrogen) atoms. The van der Waals surface area contributed by atoms with E-state index in [1.807, 2.05) is 61.5 Å². The molecule has 2 aliphatic rings. The van der Waals surface area contributed by atoms with Crippen molar-refractivity contribution in [2.24, 2.45) is 5.92 Å². The molecule has 0 aromatic heterocycles. The van der Waals surface area contributed by atoms with E-state index in [1.54, 1.807) is 18.1 Å². The summed E-state index contributed by atoms with van der Waals surface area (Å²) >= 11 is 0. The summed E-state index contributed by atoms with van der Waals surface area (Å²) < 4.78 is 25.1. The number of amides is 1. The van der Waals surface area contributed by atoms with Crippen LogP contribution in [0.15, 0.2) is 72.8 Å². The fourth-order valence-electron chi connectivity index (χ4n) is 4.95. The summed E-state index contributed by atoms with van der Waals surface area (Å²) in [4.78, 5) is 15.4. The van der Waals surface area contributed by atoms with E-state index in [9.17, 15) is 9.18 Å². The molecule has 3 aromatic carbocycles. The molecule has 2 aliphatic heterocycles. The highest BCUT2D eigenvalue weighted by Crippen LogP contribution is 2.49. The van der Waals surface area contributed by atoms with Crippen molar-refractivity contribution in [3.63, 3.8) is 0 Å². The van der Waals surface area contributed by atoms with Gasteiger partial charge >= 0.3 is 0 Å². The van der Waals surface area contributed by atoms with Gasteiger partial charge in [-0.15, -0.1) is 0 Å². The number of halogens is 1. The molecule has 0 bridgehead atoms. The van der Waals surface area contributed by atoms with Crippen molar-refractivity contribution in [2.45, 2.75) is 25.0 Å². The lowest BCUT2D eigenvalue weighted by Crippen LogP contribution is -2.41. The van der Waals surface area contributed by atoms with Gasteiger partial charge in [-0.2, -0.15) is 0 Å². The maximum Gasteiger partial charge on any atom is 0.246 e. The summed E-state index contributed by atoms with van der Waals surface area (Å²) in [7, 11) is 1.63.